The minimum Gasteiger partial charge on any atom is -0.332 e. The molecule has 1 unspecified atom stereocenters. The van der Waals surface area contributed by atoms with E-state index >= 15 is 0 Å². The van der Waals surface area contributed by atoms with E-state index in [0.717, 1.165) is 22.7 Å². The number of nitrogens with one attached hydrogen (secondary N) is 1. The fraction of sp³-hybridized carbons (Fsp3) is 0.179. The van der Waals surface area contributed by atoms with Crippen molar-refractivity contribution >= 4 is 29.1 Å². The highest BCUT2D eigenvalue weighted by Gasteiger charge is 2.27. The summed E-state index contributed by atoms with van der Waals surface area (Å²) in [6.45, 7) is 4.24. The molecule has 6 heteroatoms. The van der Waals surface area contributed by atoms with Gasteiger partial charge >= 0.3 is 0 Å². The first-order valence-corrected chi connectivity index (χ1v) is 12.3. The maximum absolute atomic E-state index is 13.0. The predicted molar refractivity (Wildman–Crippen MR) is 136 cm³/mol. The first-order chi connectivity index (χ1) is 16.5. The number of pyridine rings is 1. The van der Waals surface area contributed by atoms with Crippen molar-refractivity contribution < 1.29 is 9.59 Å². The Morgan fingerprint density at radius 3 is 2.53 bits per heavy atom. The Hall–Kier alpha value is -3.64. The van der Waals surface area contributed by atoms with Gasteiger partial charge in [0.25, 0.3) is 5.91 Å². The van der Waals surface area contributed by atoms with Gasteiger partial charge in [0, 0.05) is 46.6 Å². The van der Waals surface area contributed by atoms with Gasteiger partial charge in [0.2, 0.25) is 0 Å². The third-order valence-corrected chi connectivity index (χ3v) is 7.35. The van der Waals surface area contributed by atoms with Crippen LogP contribution in [-0.2, 0) is 5.75 Å². The summed E-state index contributed by atoms with van der Waals surface area (Å²) in [6, 6.07) is 20.5. The largest absolute Gasteiger partial charge is 0.332 e. The zero-order valence-corrected chi connectivity index (χ0v) is 19.9. The number of hydrogen-bond acceptors (Lipinski definition) is 4. The molecular weight excluding hydrogens is 442 g/mol. The highest BCUT2D eigenvalue weighted by atomic mass is 32.2. The topological polar surface area (TPSA) is 64.0 Å². The fourth-order valence-corrected chi connectivity index (χ4v) is 5.48. The summed E-state index contributed by atoms with van der Waals surface area (Å²) in [5, 5.41) is 3.19. The van der Waals surface area contributed by atoms with Crippen LogP contribution in [0.5, 0.6) is 0 Å². The third-order valence-electron chi connectivity index (χ3n) is 6.10. The van der Waals surface area contributed by atoms with Gasteiger partial charge in [0.1, 0.15) is 5.37 Å². The van der Waals surface area contributed by atoms with E-state index in [1.54, 1.807) is 42.2 Å². The molecule has 0 saturated carbocycles. The normalized spacial score (nSPS) is 14.7. The van der Waals surface area contributed by atoms with E-state index in [1.165, 1.54) is 5.56 Å². The van der Waals surface area contributed by atoms with Gasteiger partial charge in [-0.05, 0) is 35.7 Å². The van der Waals surface area contributed by atoms with Crippen molar-refractivity contribution in [1.82, 2.24) is 9.55 Å². The number of benzene rings is 2. The number of amides is 1. The second-order valence-corrected chi connectivity index (χ2v) is 9.74. The van der Waals surface area contributed by atoms with Gasteiger partial charge in [-0.2, -0.15) is 0 Å². The van der Waals surface area contributed by atoms with Crippen LogP contribution in [0.2, 0.25) is 0 Å². The zero-order chi connectivity index (χ0) is 23.7. The molecule has 1 atom stereocenters. The number of carbonyl (C=O) groups is 2. The highest BCUT2D eigenvalue weighted by Crippen LogP contribution is 2.43. The van der Waals surface area contributed by atoms with Crippen molar-refractivity contribution in [2.45, 2.75) is 30.9 Å². The average Bonchev–Trinajstić information content (AvgIpc) is 3.47. The lowest BCUT2D eigenvalue weighted by Crippen LogP contribution is -2.14. The Balaban J connectivity index is 1.33. The molecule has 0 spiro atoms. The van der Waals surface area contributed by atoms with E-state index in [4.69, 9.17) is 0 Å². The van der Waals surface area contributed by atoms with Crippen molar-refractivity contribution in [2.24, 2.45) is 0 Å². The fourth-order valence-electron chi connectivity index (χ4n) is 4.17. The molecule has 0 aliphatic carbocycles. The summed E-state index contributed by atoms with van der Waals surface area (Å²) in [7, 11) is 0. The molecule has 4 aromatic rings. The molecule has 1 N–H and O–H groups in total. The number of anilines is 1. The maximum atomic E-state index is 13.0. The Kier molecular flexibility index (Phi) is 6.07. The number of nitrogens with zero attached hydrogens (tertiary/aromatic N) is 2. The minimum atomic E-state index is -0.228. The van der Waals surface area contributed by atoms with E-state index in [-0.39, 0.29) is 17.1 Å². The van der Waals surface area contributed by atoms with Gasteiger partial charge in [0.15, 0.2) is 5.78 Å². The van der Waals surface area contributed by atoms with Crippen molar-refractivity contribution in [1.29, 1.82) is 0 Å². The van der Waals surface area contributed by atoms with Crippen molar-refractivity contribution in [3.05, 3.63) is 119 Å². The molecular formula is C28H25N3O2S. The van der Waals surface area contributed by atoms with Gasteiger partial charge in [-0.15, -0.1) is 11.8 Å². The van der Waals surface area contributed by atoms with Crippen LogP contribution in [0.15, 0.2) is 85.3 Å². The third kappa shape index (κ3) is 4.29. The molecule has 0 bridgehead atoms. The van der Waals surface area contributed by atoms with Crippen LogP contribution in [0.25, 0.3) is 0 Å². The lowest BCUT2D eigenvalue weighted by atomic mass is 9.97. The van der Waals surface area contributed by atoms with Crippen molar-refractivity contribution in [3.8, 4) is 0 Å². The number of hydrogen-bond donors (Lipinski definition) is 1. The van der Waals surface area contributed by atoms with E-state index in [9.17, 15) is 9.59 Å². The molecule has 5 nitrogen and oxygen atoms in total. The summed E-state index contributed by atoms with van der Waals surface area (Å²) >= 11 is 1.80. The number of ketones is 1. The van der Waals surface area contributed by atoms with E-state index in [0.29, 0.717) is 22.6 Å². The van der Waals surface area contributed by atoms with Crippen LogP contribution in [0.4, 0.5) is 5.69 Å². The van der Waals surface area contributed by atoms with E-state index < -0.39 is 0 Å². The predicted octanol–water partition coefficient (Wildman–Crippen LogP) is 6.28. The lowest BCUT2D eigenvalue weighted by Gasteiger charge is -2.12. The van der Waals surface area contributed by atoms with Crippen LogP contribution in [0.1, 0.15) is 68.2 Å². The lowest BCUT2D eigenvalue weighted by molar-refractivity contribution is 0.102. The average molecular weight is 468 g/mol. The maximum Gasteiger partial charge on any atom is 0.255 e. The van der Waals surface area contributed by atoms with Gasteiger partial charge < -0.3 is 9.88 Å². The molecule has 1 aliphatic heterocycles. The summed E-state index contributed by atoms with van der Waals surface area (Å²) in [6.07, 6.45) is 5.65. The number of thioether (sulfide) groups is 1. The molecule has 5 rings (SSSR count). The van der Waals surface area contributed by atoms with Gasteiger partial charge in [0.05, 0.1) is 11.4 Å². The summed E-state index contributed by atoms with van der Waals surface area (Å²) in [4.78, 5) is 30.3. The van der Waals surface area contributed by atoms with Crippen molar-refractivity contribution in [2.75, 3.05) is 5.32 Å². The smallest absolute Gasteiger partial charge is 0.255 e. The van der Waals surface area contributed by atoms with Crippen LogP contribution in [0.3, 0.4) is 0 Å². The molecule has 3 heterocycles. The standard InChI is InChI=1S/C28H25N3O2S/c1-18(2)19-8-10-20(11-9-19)26(32)21-5-3-6-22(15-21)27(33)30-24-12-14-31-25(24)17-34-28(31)23-7-4-13-29-16-23/h3-16,18,28H,17H2,1-2H3,(H,30,33). The van der Waals surface area contributed by atoms with Crippen LogP contribution in [-0.4, -0.2) is 21.2 Å². The van der Waals surface area contributed by atoms with Crippen molar-refractivity contribution in [3.63, 3.8) is 0 Å². The first-order valence-electron chi connectivity index (χ1n) is 11.3. The summed E-state index contributed by atoms with van der Waals surface area (Å²) < 4.78 is 2.18. The molecule has 0 saturated heterocycles. The highest BCUT2D eigenvalue weighted by molar-refractivity contribution is 7.99. The SMILES string of the molecule is CC(C)c1ccc(C(=O)c2cccc(C(=O)Nc3ccn4c3CSC4c3cccnc3)c2)cc1. The quantitative estimate of drug-likeness (QED) is 0.339. The van der Waals surface area contributed by atoms with Gasteiger partial charge in [-0.25, -0.2) is 0 Å². The number of rotatable bonds is 6. The van der Waals surface area contributed by atoms with Crippen LogP contribution in [0, 0.1) is 0 Å². The summed E-state index contributed by atoms with van der Waals surface area (Å²) in [5.41, 5.74) is 5.76. The Morgan fingerprint density at radius 1 is 1.00 bits per heavy atom. The number of fused-ring (bicyclic) bond motifs is 1. The Labute approximate surface area is 203 Å². The summed E-state index contributed by atoms with van der Waals surface area (Å²) in [5.74, 6) is 0.886. The number of aromatic nitrogens is 2. The van der Waals surface area contributed by atoms with E-state index in [1.807, 2.05) is 48.8 Å². The Morgan fingerprint density at radius 2 is 1.79 bits per heavy atom. The minimum absolute atomic E-state index is 0.0922. The molecule has 0 fully saturated rings. The van der Waals surface area contributed by atoms with Gasteiger partial charge in [-0.1, -0.05) is 56.3 Å². The molecule has 1 amide bonds. The molecule has 1 aliphatic rings. The Bertz CT molecular complexity index is 1340. The van der Waals surface area contributed by atoms with Gasteiger partial charge in [-0.3, -0.25) is 14.6 Å². The monoisotopic (exact) mass is 467 g/mol. The van der Waals surface area contributed by atoms with E-state index in [2.05, 4.69) is 34.8 Å². The molecule has 0 radical (unpaired) electrons. The molecule has 34 heavy (non-hydrogen) atoms. The van der Waals surface area contributed by atoms with Crippen LogP contribution >= 0.6 is 11.8 Å². The molecule has 170 valence electrons. The second kappa shape index (κ2) is 9.31. The second-order valence-electron chi connectivity index (χ2n) is 8.67. The van der Waals surface area contributed by atoms with Crippen LogP contribution < -0.4 is 5.32 Å². The molecule has 2 aromatic carbocycles. The number of carbonyl (C=O) groups excluding carboxylic acids is 2. The first kappa shape index (κ1) is 22.2. The molecule has 2 aromatic heterocycles. The zero-order valence-electron chi connectivity index (χ0n) is 19.1.